The fourth-order valence-electron chi connectivity index (χ4n) is 0.840. The molecule has 0 radical (unpaired) electrons. The highest BCUT2D eigenvalue weighted by atomic mass is 16.1. The number of rotatable bonds is 5. The number of carbonyl (C=O) groups excluding carboxylic acids is 1. The first-order valence-corrected chi connectivity index (χ1v) is 3.91. The zero-order valence-corrected chi connectivity index (χ0v) is 7.71. The Labute approximate surface area is 73.4 Å². The van der Waals surface area contributed by atoms with E-state index in [4.69, 9.17) is 5.73 Å². The van der Waals surface area contributed by atoms with Crippen molar-refractivity contribution in [2.45, 2.75) is 12.6 Å². The maximum Gasteiger partial charge on any atom is 0.244 e. The van der Waals surface area contributed by atoms with Gasteiger partial charge in [0.05, 0.1) is 6.17 Å². The van der Waals surface area contributed by atoms with Crippen LogP contribution in [-0.2, 0) is 4.79 Å². The Morgan fingerprint density at radius 1 is 1.75 bits per heavy atom. The molecule has 4 nitrogen and oxygen atoms in total. The fraction of sp³-hybridized carbons (Fsp3) is 0.625. The lowest BCUT2D eigenvalue weighted by Crippen LogP contribution is -2.45. The molecular formula is C8H17N3O. The Kier molecular flexibility index (Phi) is 5.32. The highest BCUT2D eigenvalue weighted by molar-refractivity contribution is 5.87. The molecule has 0 fully saturated rings. The molecule has 70 valence electrons. The van der Waals surface area contributed by atoms with Gasteiger partial charge >= 0.3 is 0 Å². The molecule has 0 heterocycles. The quantitative estimate of drug-likeness (QED) is 0.434. The summed E-state index contributed by atoms with van der Waals surface area (Å²) in [5, 5.41) is 2.76. The molecule has 12 heavy (non-hydrogen) atoms. The van der Waals surface area contributed by atoms with Gasteiger partial charge in [0.15, 0.2) is 0 Å². The van der Waals surface area contributed by atoms with E-state index < -0.39 is 0 Å². The van der Waals surface area contributed by atoms with Gasteiger partial charge in [-0.05, 0) is 33.1 Å². The largest absolute Gasteiger partial charge is 0.337 e. The van der Waals surface area contributed by atoms with Gasteiger partial charge in [0.25, 0.3) is 0 Å². The SMILES string of the molecule is C=CC(=O)NC(CCN)N(C)C. The summed E-state index contributed by atoms with van der Waals surface area (Å²) < 4.78 is 0. The minimum atomic E-state index is -0.165. The summed E-state index contributed by atoms with van der Waals surface area (Å²) in [7, 11) is 3.79. The summed E-state index contributed by atoms with van der Waals surface area (Å²) >= 11 is 0. The average molecular weight is 171 g/mol. The third-order valence-corrected chi connectivity index (χ3v) is 1.56. The molecule has 0 aromatic heterocycles. The molecule has 0 aromatic rings. The summed E-state index contributed by atoms with van der Waals surface area (Å²) in [6, 6.07) is 0. The summed E-state index contributed by atoms with van der Waals surface area (Å²) in [6.45, 7) is 3.93. The summed E-state index contributed by atoms with van der Waals surface area (Å²) in [5.74, 6) is -0.165. The predicted molar refractivity (Wildman–Crippen MR) is 49.5 cm³/mol. The van der Waals surface area contributed by atoms with E-state index in [0.29, 0.717) is 6.54 Å². The van der Waals surface area contributed by atoms with Gasteiger partial charge in [-0.15, -0.1) is 0 Å². The van der Waals surface area contributed by atoms with E-state index in [2.05, 4.69) is 11.9 Å². The Hall–Kier alpha value is -0.870. The fourth-order valence-corrected chi connectivity index (χ4v) is 0.840. The number of nitrogens with zero attached hydrogens (tertiary/aromatic N) is 1. The van der Waals surface area contributed by atoms with Crippen LogP contribution in [-0.4, -0.2) is 37.6 Å². The van der Waals surface area contributed by atoms with Crippen molar-refractivity contribution in [3.8, 4) is 0 Å². The molecular weight excluding hydrogens is 154 g/mol. The maximum atomic E-state index is 10.9. The topological polar surface area (TPSA) is 58.4 Å². The van der Waals surface area contributed by atoms with Crippen molar-refractivity contribution in [1.82, 2.24) is 10.2 Å². The van der Waals surface area contributed by atoms with Gasteiger partial charge in [0, 0.05) is 0 Å². The third kappa shape index (κ3) is 4.10. The maximum absolute atomic E-state index is 10.9. The van der Waals surface area contributed by atoms with E-state index in [-0.39, 0.29) is 12.1 Å². The van der Waals surface area contributed by atoms with Gasteiger partial charge in [0.2, 0.25) is 5.91 Å². The highest BCUT2D eigenvalue weighted by Gasteiger charge is 2.10. The van der Waals surface area contributed by atoms with Crippen LogP contribution >= 0.6 is 0 Å². The first kappa shape index (κ1) is 11.1. The van der Waals surface area contributed by atoms with Crippen molar-refractivity contribution in [2.24, 2.45) is 5.73 Å². The van der Waals surface area contributed by atoms with Crippen LogP contribution in [0, 0.1) is 0 Å². The van der Waals surface area contributed by atoms with E-state index in [1.807, 2.05) is 19.0 Å². The minimum absolute atomic E-state index is 0.000463. The van der Waals surface area contributed by atoms with Gasteiger partial charge < -0.3 is 11.1 Å². The lowest BCUT2D eigenvalue weighted by atomic mass is 10.3. The Morgan fingerprint density at radius 2 is 2.33 bits per heavy atom. The van der Waals surface area contributed by atoms with Crippen LogP contribution in [0.2, 0.25) is 0 Å². The second-order valence-corrected chi connectivity index (χ2v) is 2.77. The Bertz CT molecular complexity index is 156. The Morgan fingerprint density at radius 3 is 2.67 bits per heavy atom. The zero-order valence-electron chi connectivity index (χ0n) is 7.71. The first-order chi connectivity index (χ1) is 5.61. The number of nitrogens with two attached hydrogens (primary N) is 1. The van der Waals surface area contributed by atoms with Crippen molar-refractivity contribution >= 4 is 5.91 Å². The molecule has 0 aliphatic rings. The second-order valence-electron chi connectivity index (χ2n) is 2.77. The molecule has 0 bridgehead atoms. The standard InChI is InChI=1S/C8H17N3O/c1-4-8(12)10-7(5-6-9)11(2)3/h4,7H,1,5-6,9H2,2-3H3,(H,10,12). The first-order valence-electron chi connectivity index (χ1n) is 3.91. The van der Waals surface area contributed by atoms with E-state index in [0.717, 1.165) is 6.42 Å². The number of nitrogens with one attached hydrogen (secondary N) is 1. The van der Waals surface area contributed by atoms with Crippen molar-refractivity contribution < 1.29 is 4.79 Å². The lowest BCUT2D eigenvalue weighted by molar-refractivity contribution is -0.118. The van der Waals surface area contributed by atoms with Crippen LogP contribution in [0.4, 0.5) is 0 Å². The summed E-state index contributed by atoms with van der Waals surface area (Å²) in [6.07, 6.45) is 2.00. The monoisotopic (exact) mass is 171 g/mol. The van der Waals surface area contributed by atoms with Crippen LogP contribution in [0.15, 0.2) is 12.7 Å². The van der Waals surface area contributed by atoms with Gasteiger partial charge in [-0.3, -0.25) is 9.69 Å². The molecule has 1 amide bonds. The average Bonchev–Trinajstić information content (AvgIpc) is 2.03. The van der Waals surface area contributed by atoms with Crippen molar-refractivity contribution in [3.63, 3.8) is 0 Å². The van der Waals surface area contributed by atoms with Gasteiger partial charge in [-0.1, -0.05) is 6.58 Å². The van der Waals surface area contributed by atoms with E-state index in [9.17, 15) is 4.79 Å². The molecule has 1 unspecified atom stereocenters. The predicted octanol–water partition coefficient (Wildman–Crippen LogP) is -0.475. The molecule has 0 saturated heterocycles. The van der Waals surface area contributed by atoms with Crippen LogP contribution in [0.5, 0.6) is 0 Å². The summed E-state index contributed by atoms with van der Waals surface area (Å²) in [4.78, 5) is 12.8. The normalized spacial score (nSPS) is 12.7. The molecule has 0 aromatic carbocycles. The molecule has 0 spiro atoms. The van der Waals surface area contributed by atoms with Crippen molar-refractivity contribution in [3.05, 3.63) is 12.7 Å². The zero-order chi connectivity index (χ0) is 9.56. The van der Waals surface area contributed by atoms with Crippen LogP contribution in [0.1, 0.15) is 6.42 Å². The lowest BCUT2D eigenvalue weighted by Gasteiger charge is -2.24. The smallest absolute Gasteiger partial charge is 0.244 e. The van der Waals surface area contributed by atoms with Gasteiger partial charge in [-0.2, -0.15) is 0 Å². The number of hydrogen-bond acceptors (Lipinski definition) is 3. The van der Waals surface area contributed by atoms with Gasteiger partial charge in [0.1, 0.15) is 0 Å². The van der Waals surface area contributed by atoms with Crippen molar-refractivity contribution in [2.75, 3.05) is 20.6 Å². The third-order valence-electron chi connectivity index (χ3n) is 1.56. The molecule has 3 N–H and O–H groups in total. The van der Waals surface area contributed by atoms with E-state index in [1.54, 1.807) is 0 Å². The van der Waals surface area contributed by atoms with Crippen LogP contribution in [0.3, 0.4) is 0 Å². The number of carbonyl (C=O) groups is 1. The molecule has 1 atom stereocenters. The molecule has 0 aliphatic carbocycles. The van der Waals surface area contributed by atoms with Crippen LogP contribution < -0.4 is 11.1 Å². The second kappa shape index (κ2) is 5.74. The molecule has 4 heteroatoms. The number of hydrogen-bond donors (Lipinski definition) is 2. The van der Waals surface area contributed by atoms with E-state index >= 15 is 0 Å². The van der Waals surface area contributed by atoms with Crippen molar-refractivity contribution in [1.29, 1.82) is 0 Å². The molecule has 0 saturated carbocycles. The highest BCUT2D eigenvalue weighted by Crippen LogP contribution is 1.93. The van der Waals surface area contributed by atoms with E-state index in [1.165, 1.54) is 6.08 Å². The minimum Gasteiger partial charge on any atom is -0.337 e. The molecule has 0 rings (SSSR count). The molecule has 0 aliphatic heterocycles. The van der Waals surface area contributed by atoms with Crippen LogP contribution in [0.25, 0.3) is 0 Å². The number of amides is 1. The summed E-state index contributed by atoms with van der Waals surface area (Å²) in [5.41, 5.74) is 5.38. The Balaban J connectivity index is 3.94. The van der Waals surface area contributed by atoms with Gasteiger partial charge in [-0.25, -0.2) is 0 Å².